The van der Waals surface area contributed by atoms with E-state index < -0.39 is 0 Å². The summed E-state index contributed by atoms with van der Waals surface area (Å²) in [5.41, 5.74) is 1.02. The lowest BCUT2D eigenvalue weighted by Crippen LogP contribution is -2.01. The Kier molecular flexibility index (Phi) is 4.97. The highest BCUT2D eigenvalue weighted by Crippen LogP contribution is 2.35. The first-order chi connectivity index (χ1) is 10.6. The van der Waals surface area contributed by atoms with Gasteiger partial charge in [-0.05, 0) is 39.7 Å². The number of rotatable bonds is 4. The zero-order chi connectivity index (χ0) is 16.1. The van der Waals surface area contributed by atoms with Gasteiger partial charge in [0, 0.05) is 5.56 Å². The van der Waals surface area contributed by atoms with E-state index in [2.05, 4.69) is 15.9 Å². The maximum atomic E-state index is 12.3. The minimum absolute atomic E-state index is 0.00541. The topological polar surface area (TPSA) is 70.3 Å². The van der Waals surface area contributed by atoms with E-state index in [1.807, 2.05) is 6.07 Å². The van der Waals surface area contributed by atoms with Gasteiger partial charge in [-0.25, -0.2) is 0 Å². The number of methoxy groups -OCH3 is 1. The Hall–Kier alpha value is -2.58. The second-order valence-electron chi connectivity index (χ2n) is 4.42. The van der Waals surface area contributed by atoms with Gasteiger partial charge in [-0.15, -0.1) is 0 Å². The Morgan fingerprint density at radius 1 is 1.32 bits per heavy atom. The van der Waals surface area contributed by atoms with Crippen LogP contribution < -0.4 is 4.74 Å². The van der Waals surface area contributed by atoms with Crippen molar-refractivity contribution in [3.63, 3.8) is 0 Å². The van der Waals surface area contributed by atoms with Crippen molar-refractivity contribution in [2.24, 2.45) is 0 Å². The molecule has 0 aliphatic rings. The summed E-state index contributed by atoms with van der Waals surface area (Å²) in [5.74, 6) is -0.135. The SMILES string of the molecule is COc1cc(/C=C(\C#N)C(=O)c2ccccc2)cc(Br)c1O. The van der Waals surface area contributed by atoms with E-state index in [9.17, 15) is 15.2 Å². The zero-order valence-electron chi connectivity index (χ0n) is 11.7. The Bertz CT molecular complexity index is 776. The van der Waals surface area contributed by atoms with Gasteiger partial charge in [-0.3, -0.25) is 4.79 Å². The first-order valence-electron chi connectivity index (χ1n) is 6.35. The van der Waals surface area contributed by atoms with E-state index in [0.717, 1.165) is 0 Å². The van der Waals surface area contributed by atoms with E-state index in [0.29, 0.717) is 15.6 Å². The van der Waals surface area contributed by atoms with Gasteiger partial charge in [0.2, 0.25) is 5.78 Å². The van der Waals surface area contributed by atoms with Crippen LogP contribution in [0.25, 0.3) is 6.08 Å². The number of hydrogen-bond donors (Lipinski definition) is 1. The monoisotopic (exact) mass is 357 g/mol. The van der Waals surface area contributed by atoms with Gasteiger partial charge in [0.15, 0.2) is 11.5 Å². The molecule has 0 aliphatic heterocycles. The Labute approximate surface area is 136 Å². The van der Waals surface area contributed by atoms with E-state index in [-0.39, 0.29) is 22.9 Å². The largest absolute Gasteiger partial charge is 0.503 e. The second kappa shape index (κ2) is 6.92. The highest BCUT2D eigenvalue weighted by molar-refractivity contribution is 9.10. The number of benzene rings is 2. The Morgan fingerprint density at radius 3 is 2.59 bits per heavy atom. The molecule has 2 aromatic rings. The summed E-state index contributed by atoms with van der Waals surface area (Å²) in [5, 5.41) is 19.0. The summed E-state index contributed by atoms with van der Waals surface area (Å²) in [6, 6.07) is 13.7. The molecule has 2 rings (SSSR count). The number of carbonyl (C=O) groups excluding carboxylic acids is 1. The van der Waals surface area contributed by atoms with E-state index in [1.165, 1.54) is 13.2 Å². The molecule has 0 saturated carbocycles. The third-order valence-electron chi connectivity index (χ3n) is 2.98. The summed E-state index contributed by atoms with van der Waals surface area (Å²) in [6.07, 6.45) is 1.46. The lowest BCUT2D eigenvalue weighted by atomic mass is 10.0. The number of hydrogen-bond acceptors (Lipinski definition) is 4. The smallest absolute Gasteiger partial charge is 0.203 e. The molecule has 0 heterocycles. The van der Waals surface area contributed by atoms with Crippen molar-refractivity contribution in [3.05, 3.63) is 63.6 Å². The van der Waals surface area contributed by atoms with Crippen molar-refractivity contribution >= 4 is 27.8 Å². The molecular formula is C17H12BrNO3. The van der Waals surface area contributed by atoms with Gasteiger partial charge in [0.05, 0.1) is 11.6 Å². The number of aromatic hydroxyl groups is 1. The number of nitriles is 1. The fourth-order valence-electron chi connectivity index (χ4n) is 1.89. The number of phenolic OH excluding ortho intramolecular Hbond substituents is 1. The first kappa shape index (κ1) is 15.8. The van der Waals surface area contributed by atoms with E-state index in [4.69, 9.17) is 4.74 Å². The number of Topliss-reactive ketones (excluding diaryl/α,β-unsaturated/α-hetero) is 1. The predicted octanol–water partition coefficient (Wildman–Crippen LogP) is 3.95. The third kappa shape index (κ3) is 3.35. The van der Waals surface area contributed by atoms with Crippen LogP contribution >= 0.6 is 15.9 Å². The van der Waals surface area contributed by atoms with Crippen molar-refractivity contribution in [1.29, 1.82) is 5.26 Å². The van der Waals surface area contributed by atoms with Gasteiger partial charge in [-0.1, -0.05) is 30.3 Å². The van der Waals surface area contributed by atoms with Crippen LogP contribution in [-0.2, 0) is 0 Å². The van der Waals surface area contributed by atoms with Crippen molar-refractivity contribution in [1.82, 2.24) is 0 Å². The number of phenols is 1. The van der Waals surface area contributed by atoms with E-state index in [1.54, 1.807) is 42.5 Å². The number of ketones is 1. The van der Waals surface area contributed by atoms with Crippen molar-refractivity contribution in [2.75, 3.05) is 7.11 Å². The van der Waals surface area contributed by atoms with Crippen LogP contribution in [0, 0.1) is 11.3 Å². The van der Waals surface area contributed by atoms with Gasteiger partial charge in [-0.2, -0.15) is 5.26 Å². The molecule has 0 aromatic heterocycles. The van der Waals surface area contributed by atoms with Crippen LogP contribution in [0.4, 0.5) is 0 Å². The third-order valence-corrected chi connectivity index (χ3v) is 3.59. The van der Waals surface area contributed by atoms with E-state index >= 15 is 0 Å². The molecule has 0 unspecified atom stereocenters. The van der Waals surface area contributed by atoms with Gasteiger partial charge in [0.1, 0.15) is 11.6 Å². The fourth-order valence-corrected chi connectivity index (χ4v) is 2.35. The normalized spacial score (nSPS) is 10.9. The molecule has 0 atom stereocenters. The maximum absolute atomic E-state index is 12.3. The Balaban J connectivity index is 2.44. The van der Waals surface area contributed by atoms with Crippen LogP contribution in [0.1, 0.15) is 15.9 Å². The summed E-state index contributed by atoms with van der Waals surface area (Å²) in [4.78, 5) is 12.3. The molecule has 0 amide bonds. The molecule has 110 valence electrons. The minimum atomic E-state index is -0.355. The molecule has 1 N–H and O–H groups in total. The average Bonchev–Trinajstić information content (AvgIpc) is 2.55. The predicted molar refractivity (Wildman–Crippen MR) is 86.7 cm³/mol. The number of nitrogens with zero attached hydrogens (tertiary/aromatic N) is 1. The molecule has 2 aromatic carbocycles. The quantitative estimate of drug-likeness (QED) is 0.510. The second-order valence-corrected chi connectivity index (χ2v) is 5.27. The number of halogens is 1. The van der Waals surface area contributed by atoms with Crippen LogP contribution in [0.2, 0.25) is 0 Å². The van der Waals surface area contributed by atoms with Gasteiger partial charge in [0.25, 0.3) is 0 Å². The summed E-state index contributed by atoms with van der Waals surface area (Å²) in [7, 11) is 1.43. The van der Waals surface area contributed by atoms with Crippen LogP contribution in [0.5, 0.6) is 11.5 Å². The number of ether oxygens (including phenoxy) is 1. The molecule has 0 saturated heterocycles. The molecule has 22 heavy (non-hydrogen) atoms. The molecule has 0 fully saturated rings. The van der Waals surface area contributed by atoms with Crippen LogP contribution in [0.3, 0.4) is 0 Å². The lowest BCUT2D eigenvalue weighted by molar-refractivity contribution is 0.104. The molecule has 0 bridgehead atoms. The standard InChI is InChI=1S/C17H12BrNO3/c1-22-15-9-11(8-14(18)17(15)21)7-13(10-19)16(20)12-5-3-2-4-6-12/h2-9,21H,1H3/b13-7+. The van der Waals surface area contributed by atoms with Crippen LogP contribution in [-0.4, -0.2) is 18.0 Å². The number of carbonyl (C=O) groups is 1. The van der Waals surface area contributed by atoms with Crippen molar-refractivity contribution in [2.45, 2.75) is 0 Å². The summed E-state index contributed by atoms with van der Waals surface area (Å²) >= 11 is 3.20. The zero-order valence-corrected chi connectivity index (χ0v) is 13.3. The minimum Gasteiger partial charge on any atom is -0.503 e. The first-order valence-corrected chi connectivity index (χ1v) is 7.14. The van der Waals surface area contributed by atoms with Gasteiger partial charge >= 0.3 is 0 Å². The molecular weight excluding hydrogens is 346 g/mol. The average molecular weight is 358 g/mol. The van der Waals surface area contributed by atoms with Crippen molar-refractivity contribution in [3.8, 4) is 17.6 Å². The highest BCUT2D eigenvalue weighted by Gasteiger charge is 2.13. The molecule has 0 spiro atoms. The van der Waals surface area contributed by atoms with Gasteiger partial charge < -0.3 is 9.84 Å². The fraction of sp³-hybridized carbons (Fsp3) is 0.0588. The lowest BCUT2D eigenvalue weighted by Gasteiger charge is -2.07. The molecule has 0 radical (unpaired) electrons. The van der Waals surface area contributed by atoms with Crippen LogP contribution in [0.15, 0.2) is 52.5 Å². The molecule has 5 heteroatoms. The highest BCUT2D eigenvalue weighted by atomic mass is 79.9. The Morgan fingerprint density at radius 2 is 2.00 bits per heavy atom. The summed E-state index contributed by atoms with van der Waals surface area (Å²) in [6.45, 7) is 0. The summed E-state index contributed by atoms with van der Waals surface area (Å²) < 4.78 is 5.47. The number of allylic oxidation sites excluding steroid dienone is 1. The maximum Gasteiger partial charge on any atom is 0.203 e. The molecule has 0 aliphatic carbocycles. The van der Waals surface area contributed by atoms with Crippen molar-refractivity contribution < 1.29 is 14.6 Å². The molecule has 4 nitrogen and oxygen atoms in total.